The van der Waals surface area contributed by atoms with Crippen molar-refractivity contribution in [2.24, 2.45) is 5.41 Å². The molecule has 138 valence electrons. The average molecular weight is 347 g/mol. The van der Waals surface area contributed by atoms with Gasteiger partial charge in [0.05, 0.1) is 12.3 Å². The molecule has 1 N–H and O–H groups in total. The van der Waals surface area contributed by atoms with E-state index in [9.17, 15) is 9.59 Å². The molecule has 25 heavy (non-hydrogen) atoms. The van der Waals surface area contributed by atoms with Gasteiger partial charge in [-0.2, -0.15) is 0 Å². The Bertz CT molecular complexity index is 608. The van der Waals surface area contributed by atoms with Gasteiger partial charge >= 0.3 is 0 Å². The maximum atomic E-state index is 12.9. The second-order valence-corrected chi connectivity index (χ2v) is 6.73. The van der Waals surface area contributed by atoms with Gasteiger partial charge in [-0.1, -0.05) is 19.1 Å². The van der Waals surface area contributed by atoms with Crippen LogP contribution >= 0.6 is 0 Å². The van der Waals surface area contributed by atoms with E-state index in [0.29, 0.717) is 31.1 Å². The van der Waals surface area contributed by atoms with Gasteiger partial charge in [0.1, 0.15) is 11.2 Å². The van der Waals surface area contributed by atoms with E-state index in [1.54, 1.807) is 30.9 Å². The van der Waals surface area contributed by atoms with Crippen LogP contribution in [0.1, 0.15) is 27.7 Å². The van der Waals surface area contributed by atoms with Crippen LogP contribution in [0.25, 0.3) is 0 Å². The Kier molecular flexibility index (Phi) is 6.42. The Balaban J connectivity index is 2.06. The molecule has 0 spiro atoms. The fraction of sp³-hybridized carbons (Fsp3) is 0.579. The van der Waals surface area contributed by atoms with E-state index in [-0.39, 0.29) is 11.8 Å². The minimum atomic E-state index is -1.13. The van der Waals surface area contributed by atoms with E-state index in [0.717, 1.165) is 19.6 Å². The number of ether oxygens (including phenoxy) is 1. The average Bonchev–Trinajstić information content (AvgIpc) is 2.63. The zero-order valence-electron chi connectivity index (χ0n) is 15.7. The summed E-state index contributed by atoms with van der Waals surface area (Å²) in [6.07, 6.45) is 0. The van der Waals surface area contributed by atoms with Crippen molar-refractivity contribution < 1.29 is 14.3 Å². The van der Waals surface area contributed by atoms with Gasteiger partial charge in [-0.05, 0) is 39.4 Å². The Hall–Kier alpha value is -2.08. The van der Waals surface area contributed by atoms with Crippen molar-refractivity contribution in [3.8, 4) is 5.75 Å². The first-order chi connectivity index (χ1) is 11.9. The molecule has 6 nitrogen and oxygen atoms in total. The number of piperazine rings is 1. The largest absolute Gasteiger partial charge is 0.492 e. The molecule has 1 heterocycles. The Morgan fingerprint density at radius 3 is 2.36 bits per heavy atom. The summed E-state index contributed by atoms with van der Waals surface area (Å²) in [5, 5.41) is 2.85. The quantitative estimate of drug-likeness (QED) is 0.802. The number of benzene rings is 1. The predicted molar refractivity (Wildman–Crippen MR) is 98.7 cm³/mol. The molecule has 0 aromatic heterocycles. The van der Waals surface area contributed by atoms with E-state index in [1.807, 2.05) is 19.1 Å². The van der Waals surface area contributed by atoms with Gasteiger partial charge in [0.25, 0.3) is 0 Å². The molecule has 0 atom stereocenters. The SMILES string of the molecule is CCOc1ccccc1NC(=O)C(C)(C)C(=O)N1CCN(CC)CC1. The van der Waals surface area contributed by atoms with Crippen LogP contribution < -0.4 is 10.1 Å². The van der Waals surface area contributed by atoms with E-state index in [1.165, 1.54) is 0 Å². The van der Waals surface area contributed by atoms with Gasteiger partial charge in [-0.25, -0.2) is 0 Å². The van der Waals surface area contributed by atoms with Crippen molar-refractivity contribution in [3.05, 3.63) is 24.3 Å². The molecule has 2 amide bonds. The van der Waals surface area contributed by atoms with Crippen LogP contribution in [0.15, 0.2) is 24.3 Å². The lowest BCUT2D eigenvalue weighted by Crippen LogP contribution is -2.54. The number of anilines is 1. The number of carbonyl (C=O) groups is 2. The molecule has 2 rings (SSSR count). The summed E-state index contributed by atoms with van der Waals surface area (Å²) in [5.41, 5.74) is -0.542. The smallest absolute Gasteiger partial charge is 0.239 e. The molecule has 6 heteroatoms. The van der Waals surface area contributed by atoms with Crippen LogP contribution in [0.4, 0.5) is 5.69 Å². The van der Waals surface area contributed by atoms with Crippen LogP contribution in [0, 0.1) is 5.41 Å². The van der Waals surface area contributed by atoms with Crippen LogP contribution in [-0.2, 0) is 9.59 Å². The van der Waals surface area contributed by atoms with Crippen LogP contribution in [0.5, 0.6) is 5.75 Å². The zero-order chi connectivity index (χ0) is 18.4. The monoisotopic (exact) mass is 347 g/mol. The zero-order valence-corrected chi connectivity index (χ0v) is 15.7. The van der Waals surface area contributed by atoms with Gasteiger partial charge in [-0.15, -0.1) is 0 Å². The molecular formula is C19H29N3O3. The lowest BCUT2D eigenvalue weighted by molar-refractivity contribution is -0.147. The van der Waals surface area contributed by atoms with Gasteiger partial charge in [0.2, 0.25) is 11.8 Å². The number of nitrogens with one attached hydrogen (secondary N) is 1. The van der Waals surface area contributed by atoms with Crippen LogP contribution in [-0.4, -0.2) is 60.9 Å². The van der Waals surface area contributed by atoms with Crippen molar-refractivity contribution >= 4 is 17.5 Å². The number of hydrogen-bond donors (Lipinski definition) is 1. The molecular weight excluding hydrogens is 318 g/mol. The molecule has 1 fully saturated rings. The standard InChI is InChI=1S/C19H29N3O3/c1-5-21-11-13-22(14-12-21)18(24)19(3,4)17(23)20-15-9-7-8-10-16(15)25-6-2/h7-10H,5-6,11-14H2,1-4H3,(H,20,23). The minimum absolute atomic E-state index is 0.130. The lowest BCUT2D eigenvalue weighted by atomic mass is 9.89. The normalized spacial score (nSPS) is 15.8. The Morgan fingerprint density at radius 1 is 1.12 bits per heavy atom. The summed E-state index contributed by atoms with van der Waals surface area (Å²) < 4.78 is 5.54. The first-order valence-corrected chi connectivity index (χ1v) is 8.95. The van der Waals surface area contributed by atoms with Crippen molar-refractivity contribution in [2.75, 3.05) is 44.6 Å². The number of carbonyl (C=O) groups excluding carboxylic acids is 2. The Morgan fingerprint density at radius 2 is 1.76 bits per heavy atom. The van der Waals surface area contributed by atoms with Crippen molar-refractivity contribution in [1.29, 1.82) is 0 Å². The van der Waals surface area contributed by atoms with Crippen LogP contribution in [0.3, 0.4) is 0 Å². The molecule has 0 radical (unpaired) electrons. The molecule has 1 aliphatic rings. The highest BCUT2D eigenvalue weighted by molar-refractivity contribution is 6.10. The van der Waals surface area contributed by atoms with Crippen molar-refractivity contribution in [1.82, 2.24) is 9.80 Å². The summed E-state index contributed by atoms with van der Waals surface area (Å²) in [4.78, 5) is 29.7. The number of para-hydroxylation sites is 2. The number of amides is 2. The summed E-state index contributed by atoms with van der Waals surface area (Å²) in [6, 6.07) is 7.27. The summed E-state index contributed by atoms with van der Waals surface area (Å²) >= 11 is 0. The number of nitrogens with zero attached hydrogens (tertiary/aromatic N) is 2. The molecule has 1 aromatic rings. The fourth-order valence-corrected chi connectivity index (χ4v) is 2.89. The molecule has 1 aromatic carbocycles. The number of hydrogen-bond acceptors (Lipinski definition) is 4. The van der Waals surface area contributed by atoms with Crippen molar-refractivity contribution in [2.45, 2.75) is 27.7 Å². The summed E-state index contributed by atoms with van der Waals surface area (Å²) in [7, 11) is 0. The van der Waals surface area contributed by atoms with Gasteiger partial charge < -0.3 is 19.9 Å². The first kappa shape index (κ1) is 19.2. The molecule has 0 unspecified atom stereocenters. The highest BCUT2D eigenvalue weighted by Gasteiger charge is 2.40. The van der Waals surface area contributed by atoms with E-state index in [2.05, 4.69) is 17.1 Å². The molecule has 0 bridgehead atoms. The lowest BCUT2D eigenvalue weighted by Gasteiger charge is -2.37. The minimum Gasteiger partial charge on any atom is -0.492 e. The second-order valence-electron chi connectivity index (χ2n) is 6.73. The van der Waals surface area contributed by atoms with E-state index >= 15 is 0 Å². The molecule has 1 saturated heterocycles. The van der Waals surface area contributed by atoms with E-state index in [4.69, 9.17) is 4.74 Å². The molecule has 0 saturated carbocycles. The van der Waals surface area contributed by atoms with Crippen LogP contribution in [0.2, 0.25) is 0 Å². The summed E-state index contributed by atoms with van der Waals surface area (Å²) in [6.45, 7) is 11.9. The second kappa shape index (κ2) is 8.34. The number of likely N-dealkylation sites (N-methyl/N-ethyl adjacent to an activating group) is 1. The third kappa shape index (κ3) is 4.51. The summed E-state index contributed by atoms with van der Waals surface area (Å²) in [5.74, 6) is 0.162. The Labute approximate surface area is 150 Å². The fourth-order valence-electron chi connectivity index (χ4n) is 2.89. The predicted octanol–water partition coefficient (Wildman–Crippen LogP) is 2.21. The van der Waals surface area contributed by atoms with Gasteiger partial charge in [-0.3, -0.25) is 9.59 Å². The topological polar surface area (TPSA) is 61.9 Å². The third-order valence-corrected chi connectivity index (χ3v) is 4.64. The molecule has 0 aliphatic carbocycles. The maximum absolute atomic E-state index is 12.9. The third-order valence-electron chi connectivity index (χ3n) is 4.64. The first-order valence-electron chi connectivity index (χ1n) is 8.95. The van der Waals surface area contributed by atoms with Gasteiger partial charge in [0.15, 0.2) is 0 Å². The maximum Gasteiger partial charge on any atom is 0.239 e. The highest BCUT2D eigenvalue weighted by Crippen LogP contribution is 2.28. The number of rotatable bonds is 6. The van der Waals surface area contributed by atoms with Gasteiger partial charge in [0, 0.05) is 26.2 Å². The molecule has 1 aliphatic heterocycles. The highest BCUT2D eigenvalue weighted by atomic mass is 16.5. The van der Waals surface area contributed by atoms with Crippen molar-refractivity contribution in [3.63, 3.8) is 0 Å². The van der Waals surface area contributed by atoms with E-state index < -0.39 is 5.41 Å².